The molecule has 18 nitrogen and oxygen atoms in total. The molecule has 8 N–H and O–H groups in total. The van der Waals surface area contributed by atoms with E-state index in [1.807, 2.05) is 24.3 Å². The summed E-state index contributed by atoms with van der Waals surface area (Å²) >= 11 is 0. The fourth-order valence-electron chi connectivity index (χ4n) is 2.24. The molecule has 2 rings (SSSR count). The summed E-state index contributed by atoms with van der Waals surface area (Å²) in [7, 11) is 2.44. The Kier molecular flexibility index (Phi) is 50.2. The Hall–Kier alpha value is -4.52. The topological polar surface area (TPSA) is 355 Å². The van der Waals surface area contributed by atoms with Crippen LogP contribution in [0.4, 0.5) is 0 Å². The number of methoxy groups -OCH3 is 2. The van der Waals surface area contributed by atoms with E-state index in [2.05, 4.69) is 29.4 Å². The van der Waals surface area contributed by atoms with Gasteiger partial charge in [-0.1, -0.05) is 26.0 Å². The van der Waals surface area contributed by atoms with Gasteiger partial charge in [0.15, 0.2) is 0 Å². The van der Waals surface area contributed by atoms with Gasteiger partial charge in [0.2, 0.25) is 0 Å². The minimum Gasteiger partial charge on any atom is -0.875 e. The Morgan fingerprint density at radius 3 is 1.08 bits per heavy atom. The molecule has 0 atom stereocenters. The molecule has 0 aromatic carbocycles. The van der Waals surface area contributed by atoms with E-state index in [0.717, 1.165) is 25.2 Å². The maximum absolute atomic E-state index is 11.2. The van der Waals surface area contributed by atoms with E-state index in [9.17, 15) is 19.8 Å². The largest absolute Gasteiger partial charge is 2.00 e. The Labute approximate surface area is 298 Å². The van der Waals surface area contributed by atoms with Crippen molar-refractivity contribution in [3.63, 3.8) is 0 Å². The molecule has 0 spiro atoms. The molecule has 2 aromatic heterocycles. The number of rotatable bonds is 8. The molecule has 0 bridgehead atoms. The smallest absolute Gasteiger partial charge is 0.875 e. The number of aliphatic imine (C=N–C) groups is 2. The zero-order valence-corrected chi connectivity index (χ0v) is 28.5. The number of nitrogens with zero attached hydrogens (tertiary/aromatic N) is 4. The monoisotopic (exact) mass is 782 g/mol. The molecule has 278 valence electrons. The van der Waals surface area contributed by atoms with Gasteiger partial charge in [0.1, 0.15) is 0 Å². The molecule has 0 saturated carbocycles. The molecular formula is C28H40Cu2N4O14. The molecule has 20 heteroatoms. The number of carboxylic acid groups (broad SMARTS) is 2. The summed E-state index contributed by atoms with van der Waals surface area (Å²) in [4.78, 5) is 56.3. The predicted molar refractivity (Wildman–Crippen MR) is 158 cm³/mol. The van der Waals surface area contributed by atoms with Crippen molar-refractivity contribution in [1.29, 1.82) is 0 Å². The van der Waals surface area contributed by atoms with Gasteiger partial charge >= 0.3 is 46.1 Å². The van der Waals surface area contributed by atoms with E-state index in [1.165, 1.54) is 40.5 Å². The molecule has 0 aliphatic carbocycles. The van der Waals surface area contributed by atoms with Crippen LogP contribution in [0.1, 0.15) is 39.1 Å². The second kappa shape index (κ2) is 38.7. The van der Waals surface area contributed by atoms with E-state index < -0.39 is 23.9 Å². The number of pyridine rings is 2. The predicted octanol–water partition coefficient (Wildman–Crippen LogP) is -4.87. The van der Waals surface area contributed by atoms with Crippen LogP contribution in [-0.4, -0.2) is 82.4 Å². The third kappa shape index (κ3) is 36.0. The zero-order chi connectivity index (χ0) is 32.5. The van der Waals surface area contributed by atoms with Crippen LogP contribution >= 0.6 is 0 Å². The van der Waals surface area contributed by atoms with Crippen LogP contribution in [0.25, 0.3) is 0 Å². The number of allylic oxidation sites excluding steroid dienone is 2. The van der Waals surface area contributed by atoms with Gasteiger partial charge in [0.25, 0.3) is 0 Å². The Bertz CT molecular complexity index is 1150. The number of ether oxygens (including phenoxy) is 2. The average molecular weight is 784 g/mol. The van der Waals surface area contributed by atoms with Crippen LogP contribution in [-0.2, 0) is 75.9 Å². The number of carbonyl (C=O) groups is 4. The molecule has 0 aliphatic heterocycles. The normalized spacial score (nSPS) is 9.79. The van der Waals surface area contributed by atoms with Crippen LogP contribution in [0.3, 0.4) is 0 Å². The number of aromatic nitrogens is 2. The standard InChI is InChI=1S/2C12H14N2O3.2C2H4O2.2Cu.4H2O/c2*1-9(15)11(12(16)17-2)8-13-7-10-5-3-4-6-14-10;2*1-2(3)4;;;;;;/h2*3-6,8,15H,7H2,1-2H3;2*1H3,(H,3,4);;;4*1H2/q;;;;2*+2;;;;/p-4/b2*11-9+,13-8?;;;;;;;;. The quantitative estimate of drug-likeness (QED) is 0.0800. The molecule has 0 fully saturated rings. The summed E-state index contributed by atoms with van der Waals surface area (Å²) < 4.78 is 8.95. The molecule has 48 heavy (non-hydrogen) atoms. The van der Waals surface area contributed by atoms with Gasteiger partial charge in [-0.3, -0.25) is 20.0 Å². The van der Waals surface area contributed by atoms with Crippen molar-refractivity contribution in [2.45, 2.75) is 40.8 Å². The average Bonchev–Trinajstić information content (AvgIpc) is 2.93. The molecule has 2 heterocycles. The molecule has 2 radical (unpaired) electrons. The van der Waals surface area contributed by atoms with Gasteiger partial charge in [0.05, 0.1) is 49.8 Å². The van der Waals surface area contributed by atoms with E-state index >= 15 is 0 Å². The first-order valence-electron chi connectivity index (χ1n) is 11.8. The minimum absolute atomic E-state index is 0. The van der Waals surface area contributed by atoms with Crippen molar-refractivity contribution in [2.24, 2.45) is 9.98 Å². The third-order valence-corrected chi connectivity index (χ3v) is 3.97. The van der Waals surface area contributed by atoms with E-state index in [4.69, 9.17) is 19.8 Å². The number of hydrogen-bond donors (Lipinski definition) is 0. The van der Waals surface area contributed by atoms with Crippen molar-refractivity contribution >= 4 is 36.3 Å². The van der Waals surface area contributed by atoms with Gasteiger partial charge in [-0.05, 0) is 38.1 Å². The van der Waals surface area contributed by atoms with Crippen molar-refractivity contribution in [3.8, 4) is 0 Å². The summed E-state index contributed by atoms with van der Waals surface area (Å²) in [5.41, 5.74) is 1.39. The van der Waals surface area contributed by atoms with Crippen LogP contribution < -0.4 is 20.4 Å². The maximum Gasteiger partial charge on any atom is 2.00 e. The maximum atomic E-state index is 11.2. The van der Waals surface area contributed by atoms with Crippen LogP contribution in [0, 0.1) is 0 Å². The summed E-state index contributed by atoms with van der Waals surface area (Å²) in [5.74, 6) is -4.27. The fourth-order valence-corrected chi connectivity index (χ4v) is 2.24. The number of carbonyl (C=O) groups excluding carboxylic acids is 4. The molecule has 0 saturated heterocycles. The first kappa shape index (κ1) is 62.3. The van der Waals surface area contributed by atoms with Crippen LogP contribution in [0.15, 0.2) is 81.4 Å². The first-order valence-corrected chi connectivity index (χ1v) is 11.8. The number of esters is 2. The third-order valence-electron chi connectivity index (χ3n) is 3.97. The SMILES string of the molecule is CC(=O)[O-].CC(=O)[O-].COC(=O)/C(C=NCc1ccccn1)=C(\C)[O-].COC(=O)/C(C=NCc1ccccn1)=C(\C)[O-].O.O.O.O.[Cu+2].[Cu+2]. The summed E-state index contributed by atoms with van der Waals surface area (Å²) in [6.07, 6.45) is 5.76. The van der Waals surface area contributed by atoms with Crippen molar-refractivity contribution in [2.75, 3.05) is 14.2 Å². The fraction of sp³-hybridized carbons (Fsp3) is 0.286. The summed E-state index contributed by atoms with van der Waals surface area (Å²) in [6.45, 7) is 5.15. The number of hydrogen-bond acceptors (Lipinski definition) is 14. The van der Waals surface area contributed by atoms with Crippen LogP contribution in [0.5, 0.6) is 0 Å². The second-order valence-corrected chi connectivity index (χ2v) is 7.49. The van der Waals surface area contributed by atoms with Crippen molar-refractivity contribution < 1.29 is 105 Å². The van der Waals surface area contributed by atoms with E-state index in [0.29, 0.717) is 13.1 Å². The van der Waals surface area contributed by atoms with Gasteiger partial charge in [-0.25, -0.2) is 9.59 Å². The Morgan fingerprint density at radius 1 is 0.625 bits per heavy atom. The summed E-state index contributed by atoms with van der Waals surface area (Å²) in [6, 6.07) is 10.9. The molecule has 0 aliphatic rings. The van der Waals surface area contributed by atoms with Crippen molar-refractivity contribution in [3.05, 3.63) is 82.8 Å². The van der Waals surface area contributed by atoms with Gasteiger partial charge in [-0.2, -0.15) is 0 Å². The van der Waals surface area contributed by atoms with Gasteiger partial charge < -0.3 is 61.4 Å². The molecular weight excluding hydrogens is 743 g/mol. The van der Waals surface area contributed by atoms with Crippen LogP contribution in [0.2, 0.25) is 0 Å². The minimum atomic E-state index is -1.08. The molecule has 0 amide bonds. The number of carboxylic acids is 2. The number of aliphatic carboxylic acids is 2. The second-order valence-electron chi connectivity index (χ2n) is 7.49. The zero-order valence-electron chi connectivity index (χ0n) is 26.7. The van der Waals surface area contributed by atoms with Gasteiger partial charge in [0, 0.05) is 36.8 Å². The molecule has 2 aromatic rings. The summed E-state index contributed by atoms with van der Waals surface area (Å²) in [5, 5.41) is 40.1. The van der Waals surface area contributed by atoms with E-state index in [1.54, 1.807) is 24.5 Å². The first-order chi connectivity index (χ1) is 19.8. The Morgan fingerprint density at radius 2 is 0.896 bits per heavy atom. The molecule has 0 unspecified atom stereocenters. The van der Waals surface area contributed by atoms with Gasteiger partial charge in [-0.15, -0.1) is 11.5 Å². The Balaban J connectivity index is -0.0000000822. The van der Waals surface area contributed by atoms with E-state index in [-0.39, 0.29) is 78.7 Å². The van der Waals surface area contributed by atoms with Crippen molar-refractivity contribution in [1.82, 2.24) is 9.97 Å².